The Morgan fingerprint density at radius 3 is 2.74 bits per heavy atom. The fraction of sp³-hybridized carbons (Fsp3) is 0.227. The lowest BCUT2D eigenvalue weighted by atomic mass is 10.1. The number of nitrogens with one attached hydrogen (secondary N) is 1. The van der Waals surface area contributed by atoms with E-state index in [2.05, 4.69) is 25.2 Å². The molecule has 198 valence electrons. The van der Waals surface area contributed by atoms with E-state index in [1.165, 1.54) is 34.8 Å². The van der Waals surface area contributed by atoms with E-state index in [-0.39, 0.29) is 51.9 Å². The lowest BCUT2D eigenvalue weighted by Crippen LogP contribution is -2.56. The van der Waals surface area contributed by atoms with Gasteiger partial charge in [-0.25, -0.2) is 22.7 Å². The van der Waals surface area contributed by atoms with Crippen molar-refractivity contribution in [3.63, 3.8) is 0 Å². The monoisotopic (exact) mass is 547 g/mol. The van der Waals surface area contributed by atoms with Crippen LogP contribution in [0.1, 0.15) is 10.4 Å². The third-order valence-electron chi connectivity index (χ3n) is 5.91. The first-order valence-electron chi connectivity index (χ1n) is 11.0. The van der Waals surface area contributed by atoms with E-state index in [0.29, 0.717) is 0 Å². The molecular weight excluding hydrogens is 528 g/mol. The Hall–Kier alpha value is -4.60. The number of alkyl halides is 2. The standard InChI is InChI=1S/C22H19F2N7O6S/c1-29-11-16(27-20(32)15-8-26-31-6-2-5-25-19(15)31)18(28-29)14-7-12(3-4-17(14)37-21(23)24)38(35,36)13-9-30(10-13)22(33)34/h2-8,11,13,21H,9-10H2,1H3,(H,27,32)(H,33,34). The molecule has 4 heterocycles. The predicted molar refractivity (Wildman–Crippen MR) is 127 cm³/mol. The van der Waals surface area contributed by atoms with Gasteiger partial charge in [-0.3, -0.25) is 9.48 Å². The second-order valence-electron chi connectivity index (χ2n) is 8.36. The Labute approximate surface area is 213 Å². The van der Waals surface area contributed by atoms with E-state index < -0.39 is 33.7 Å². The first-order chi connectivity index (χ1) is 18.0. The molecule has 0 radical (unpaired) electrons. The number of likely N-dealkylation sites (tertiary alicyclic amines) is 1. The minimum atomic E-state index is -4.02. The zero-order valence-electron chi connectivity index (χ0n) is 19.5. The highest BCUT2D eigenvalue weighted by Crippen LogP contribution is 2.38. The van der Waals surface area contributed by atoms with E-state index in [0.717, 1.165) is 23.1 Å². The number of benzene rings is 1. The van der Waals surface area contributed by atoms with Gasteiger partial charge in [0.25, 0.3) is 5.91 Å². The highest BCUT2D eigenvalue weighted by atomic mass is 32.2. The van der Waals surface area contributed by atoms with Crippen LogP contribution in [0.2, 0.25) is 0 Å². The molecule has 0 unspecified atom stereocenters. The van der Waals surface area contributed by atoms with Crippen molar-refractivity contribution in [2.24, 2.45) is 7.05 Å². The molecule has 38 heavy (non-hydrogen) atoms. The first-order valence-corrected chi connectivity index (χ1v) is 12.5. The zero-order chi connectivity index (χ0) is 27.2. The van der Waals surface area contributed by atoms with Gasteiger partial charge in [0.05, 0.1) is 16.8 Å². The van der Waals surface area contributed by atoms with Crippen molar-refractivity contribution in [1.29, 1.82) is 0 Å². The molecule has 2 N–H and O–H groups in total. The van der Waals surface area contributed by atoms with Gasteiger partial charge in [0.15, 0.2) is 15.5 Å². The van der Waals surface area contributed by atoms with Crippen LogP contribution in [0.3, 0.4) is 0 Å². The zero-order valence-corrected chi connectivity index (χ0v) is 20.3. The van der Waals surface area contributed by atoms with Crippen LogP contribution in [0.15, 0.2) is 53.9 Å². The van der Waals surface area contributed by atoms with Gasteiger partial charge < -0.3 is 20.1 Å². The number of sulfone groups is 1. The van der Waals surface area contributed by atoms with Crippen molar-refractivity contribution in [2.75, 3.05) is 18.4 Å². The molecule has 0 aliphatic carbocycles. The fourth-order valence-electron chi connectivity index (χ4n) is 4.01. The number of aromatic nitrogens is 5. The van der Waals surface area contributed by atoms with Gasteiger partial charge in [-0.15, -0.1) is 0 Å². The number of halogens is 2. The fourth-order valence-corrected chi connectivity index (χ4v) is 5.69. The van der Waals surface area contributed by atoms with Crippen LogP contribution < -0.4 is 10.1 Å². The van der Waals surface area contributed by atoms with Gasteiger partial charge in [0.1, 0.15) is 22.3 Å². The number of ether oxygens (including phenoxy) is 1. The number of carbonyl (C=O) groups excluding carboxylic acids is 1. The Balaban J connectivity index is 1.53. The summed E-state index contributed by atoms with van der Waals surface area (Å²) in [6, 6.07) is 4.92. The molecule has 5 rings (SSSR count). The number of amides is 2. The summed E-state index contributed by atoms with van der Waals surface area (Å²) in [5.74, 6) is -0.983. The summed E-state index contributed by atoms with van der Waals surface area (Å²) in [5.41, 5.74) is 0.352. The van der Waals surface area contributed by atoms with E-state index in [1.807, 2.05) is 0 Å². The van der Waals surface area contributed by atoms with E-state index in [9.17, 15) is 26.8 Å². The summed E-state index contributed by atoms with van der Waals surface area (Å²) >= 11 is 0. The van der Waals surface area contributed by atoms with E-state index in [4.69, 9.17) is 5.11 Å². The summed E-state index contributed by atoms with van der Waals surface area (Å²) in [6.45, 7) is -3.67. The molecule has 1 aliphatic heterocycles. The van der Waals surface area contributed by atoms with E-state index >= 15 is 0 Å². The number of hydrogen-bond donors (Lipinski definition) is 2. The molecule has 13 nitrogen and oxygen atoms in total. The molecule has 0 bridgehead atoms. The molecular formula is C22H19F2N7O6S. The van der Waals surface area contributed by atoms with Crippen molar-refractivity contribution < 1.29 is 36.6 Å². The van der Waals surface area contributed by atoms with Crippen molar-refractivity contribution in [1.82, 2.24) is 29.3 Å². The molecule has 0 spiro atoms. The number of carboxylic acid groups (broad SMARTS) is 1. The average molecular weight is 548 g/mol. The lowest BCUT2D eigenvalue weighted by Gasteiger charge is -2.36. The summed E-state index contributed by atoms with van der Waals surface area (Å²) in [7, 11) is -2.50. The predicted octanol–water partition coefficient (Wildman–Crippen LogP) is 2.12. The van der Waals surface area contributed by atoms with E-state index in [1.54, 1.807) is 12.3 Å². The van der Waals surface area contributed by atoms with Crippen molar-refractivity contribution in [2.45, 2.75) is 16.8 Å². The topological polar surface area (TPSA) is 161 Å². The lowest BCUT2D eigenvalue weighted by molar-refractivity contribution is -0.0495. The Bertz CT molecular complexity index is 1660. The summed E-state index contributed by atoms with van der Waals surface area (Å²) in [5, 5.41) is 19.0. The molecule has 4 aromatic rings. The number of fused-ring (bicyclic) bond motifs is 1. The number of nitrogens with zero attached hydrogens (tertiary/aromatic N) is 6. The number of aryl methyl sites for hydroxylation is 1. The molecule has 16 heteroatoms. The number of rotatable bonds is 7. The van der Waals surface area contributed by atoms with Gasteiger partial charge in [0.2, 0.25) is 0 Å². The quantitative estimate of drug-likeness (QED) is 0.353. The van der Waals surface area contributed by atoms with Crippen LogP contribution in [-0.2, 0) is 16.9 Å². The van der Waals surface area contributed by atoms with Gasteiger partial charge in [-0.05, 0) is 24.3 Å². The molecule has 1 fully saturated rings. The van der Waals surface area contributed by atoms with Crippen LogP contribution in [-0.4, -0.2) is 79.8 Å². The highest BCUT2D eigenvalue weighted by Gasteiger charge is 2.41. The summed E-state index contributed by atoms with van der Waals surface area (Å²) in [4.78, 5) is 28.9. The smallest absolute Gasteiger partial charge is 0.407 e. The molecule has 3 aromatic heterocycles. The number of hydrogen-bond acceptors (Lipinski definition) is 8. The number of carbonyl (C=O) groups is 2. The molecule has 0 atom stereocenters. The van der Waals surface area contributed by atoms with Crippen LogP contribution in [0.5, 0.6) is 5.75 Å². The second-order valence-corrected chi connectivity index (χ2v) is 10.6. The summed E-state index contributed by atoms with van der Waals surface area (Å²) in [6.07, 6.45) is 4.57. The molecule has 1 aliphatic rings. The Kier molecular flexibility index (Phi) is 6.18. The third-order valence-corrected chi connectivity index (χ3v) is 8.00. The maximum absolute atomic E-state index is 13.2. The molecule has 2 amide bonds. The maximum Gasteiger partial charge on any atom is 0.407 e. The summed E-state index contributed by atoms with van der Waals surface area (Å²) < 4.78 is 60.0. The minimum absolute atomic E-state index is 0.0289. The highest BCUT2D eigenvalue weighted by molar-refractivity contribution is 7.92. The molecule has 1 saturated heterocycles. The first kappa shape index (κ1) is 25.1. The van der Waals surface area contributed by atoms with Crippen LogP contribution in [0.25, 0.3) is 16.9 Å². The van der Waals surface area contributed by atoms with Crippen LogP contribution in [0, 0.1) is 0 Å². The van der Waals surface area contributed by atoms with Gasteiger partial charge in [-0.1, -0.05) is 0 Å². The maximum atomic E-state index is 13.2. The Morgan fingerprint density at radius 2 is 2.03 bits per heavy atom. The van der Waals surface area contributed by atoms with Gasteiger partial charge in [0, 0.05) is 44.3 Å². The van der Waals surface area contributed by atoms with Crippen molar-refractivity contribution in [3.05, 3.63) is 54.6 Å². The van der Waals surface area contributed by atoms with Crippen molar-refractivity contribution in [3.8, 4) is 17.0 Å². The molecule has 0 saturated carbocycles. The molecule has 1 aromatic carbocycles. The van der Waals surface area contributed by atoms with Crippen LogP contribution in [0.4, 0.5) is 19.3 Å². The second kappa shape index (κ2) is 9.37. The van der Waals surface area contributed by atoms with Crippen molar-refractivity contribution >= 4 is 33.2 Å². The minimum Gasteiger partial charge on any atom is -0.465 e. The third kappa shape index (κ3) is 4.49. The Morgan fingerprint density at radius 1 is 1.26 bits per heavy atom. The normalized spacial score (nSPS) is 14.1. The van der Waals surface area contributed by atoms with Gasteiger partial charge in [-0.2, -0.15) is 19.0 Å². The largest absolute Gasteiger partial charge is 0.465 e. The van der Waals surface area contributed by atoms with Crippen LogP contribution >= 0.6 is 0 Å². The number of anilines is 1. The SMILES string of the molecule is Cn1cc(NC(=O)c2cnn3cccnc23)c(-c2cc(S(=O)(=O)C3CN(C(=O)O)C3)ccc2OC(F)F)n1. The average Bonchev–Trinajstić information content (AvgIpc) is 3.40. The van der Waals surface area contributed by atoms with Gasteiger partial charge >= 0.3 is 12.7 Å².